The Bertz CT molecular complexity index is 1080. The quantitative estimate of drug-likeness (QED) is 0.419. The van der Waals surface area contributed by atoms with Crippen LogP contribution in [0.1, 0.15) is 48.6 Å². The highest BCUT2D eigenvalue weighted by atomic mass is 32.1. The summed E-state index contributed by atoms with van der Waals surface area (Å²) >= 11 is 6.86. The fourth-order valence-electron chi connectivity index (χ4n) is 3.66. The molecule has 1 aromatic carbocycles. The van der Waals surface area contributed by atoms with Gasteiger partial charge in [0.1, 0.15) is 5.71 Å². The van der Waals surface area contributed by atoms with Gasteiger partial charge in [-0.15, -0.1) is 16.4 Å². The van der Waals surface area contributed by atoms with E-state index in [1.165, 1.54) is 29.9 Å². The molecule has 0 bridgehead atoms. The molecule has 0 spiro atoms. The van der Waals surface area contributed by atoms with Gasteiger partial charge in [0.2, 0.25) is 5.88 Å². The number of benzene rings is 1. The van der Waals surface area contributed by atoms with Crippen LogP contribution in [0.4, 0.5) is 5.69 Å². The van der Waals surface area contributed by atoms with E-state index in [2.05, 4.69) is 10.2 Å². The molecule has 0 saturated heterocycles. The molecule has 4 rings (SSSR count). The van der Waals surface area contributed by atoms with Crippen LogP contribution in [-0.4, -0.2) is 26.5 Å². The lowest BCUT2D eigenvalue weighted by Crippen LogP contribution is -2.12. The zero-order valence-corrected chi connectivity index (χ0v) is 16.6. The van der Waals surface area contributed by atoms with Crippen molar-refractivity contribution in [2.75, 3.05) is 0 Å². The highest BCUT2D eigenvalue weighted by Crippen LogP contribution is 2.37. The maximum atomic E-state index is 11.0. The number of aromatic hydroxyl groups is 1. The smallest absolute Gasteiger partial charge is 0.270 e. The van der Waals surface area contributed by atoms with Gasteiger partial charge in [0.15, 0.2) is 3.95 Å². The SMILES string of the molecule is O=[N+]([O-])c1cccc(C2=NN=CC2=Cc2sc(=S)n(C3CCCCC3)c2O)c1. The Morgan fingerprint density at radius 1 is 1.32 bits per heavy atom. The van der Waals surface area contributed by atoms with Crippen LogP contribution in [0.3, 0.4) is 0 Å². The van der Waals surface area contributed by atoms with Gasteiger partial charge in [-0.2, -0.15) is 5.10 Å². The van der Waals surface area contributed by atoms with Crippen molar-refractivity contribution in [1.29, 1.82) is 0 Å². The molecule has 1 N–H and O–H groups in total. The van der Waals surface area contributed by atoms with E-state index in [9.17, 15) is 15.2 Å². The third-order valence-corrected chi connectivity index (χ3v) is 6.37. The number of allylic oxidation sites excluding steroid dienone is 1. The molecule has 1 aromatic heterocycles. The van der Waals surface area contributed by atoms with Crippen LogP contribution in [0.2, 0.25) is 0 Å². The van der Waals surface area contributed by atoms with Gasteiger partial charge < -0.3 is 5.11 Å². The van der Waals surface area contributed by atoms with Crippen LogP contribution in [0.25, 0.3) is 6.08 Å². The minimum atomic E-state index is -0.440. The van der Waals surface area contributed by atoms with Gasteiger partial charge in [0.25, 0.3) is 5.69 Å². The first kappa shape index (κ1) is 18.7. The number of hydrogen-bond donors (Lipinski definition) is 1. The molecule has 1 aliphatic carbocycles. The van der Waals surface area contributed by atoms with E-state index in [0.717, 1.165) is 25.7 Å². The summed E-state index contributed by atoms with van der Waals surface area (Å²) in [7, 11) is 0. The number of non-ortho nitro benzene ring substituents is 1. The fraction of sp³-hybridized carbons (Fsp3) is 0.316. The molecular weight excluding hydrogens is 396 g/mol. The van der Waals surface area contributed by atoms with Crippen LogP contribution in [0.15, 0.2) is 40.0 Å². The van der Waals surface area contributed by atoms with E-state index >= 15 is 0 Å². The Kier molecular flexibility index (Phi) is 5.19. The van der Waals surface area contributed by atoms with Gasteiger partial charge in [-0.3, -0.25) is 14.7 Å². The highest BCUT2D eigenvalue weighted by molar-refractivity contribution is 7.73. The Morgan fingerprint density at radius 3 is 2.86 bits per heavy atom. The Hall–Kier alpha value is -2.65. The van der Waals surface area contributed by atoms with Crippen molar-refractivity contribution in [3.8, 4) is 5.88 Å². The number of nitrogens with zero attached hydrogens (tertiary/aromatic N) is 4. The zero-order valence-electron chi connectivity index (χ0n) is 14.9. The first-order valence-electron chi connectivity index (χ1n) is 9.07. The molecule has 28 heavy (non-hydrogen) atoms. The average Bonchev–Trinajstić information content (AvgIpc) is 3.27. The number of nitro benzene ring substituents is 1. The Morgan fingerprint density at radius 2 is 2.11 bits per heavy atom. The molecular formula is C19H18N4O3S2. The average molecular weight is 415 g/mol. The van der Waals surface area contributed by atoms with Gasteiger partial charge >= 0.3 is 0 Å². The molecule has 9 heteroatoms. The Balaban J connectivity index is 1.68. The van der Waals surface area contributed by atoms with Gasteiger partial charge in [0, 0.05) is 29.3 Å². The predicted molar refractivity (Wildman–Crippen MR) is 113 cm³/mol. The van der Waals surface area contributed by atoms with Crippen molar-refractivity contribution in [3.63, 3.8) is 0 Å². The molecule has 7 nitrogen and oxygen atoms in total. The van der Waals surface area contributed by atoms with E-state index in [1.807, 2.05) is 4.57 Å². The zero-order chi connectivity index (χ0) is 19.7. The molecule has 1 fully saturated rings. The van der Waals surface area contributed by atoms with Crippen molar-refractivity contribution in [2.24, 2.45) is 10.2 Å². The van der Waals surface area contributed by atoms with Crippen molar-refractivity contribution in [1.82, 2.24) is 4.57 Å². The van der Waals surface area contributed by atoms with E-state index < -0.39 is 4.92 Å². The largest absolute Gasteiger partial charge is 0.493 e. The lowest BCUT2D eigenvalue weighted by atomic mass is 9.95. The van der Waals surface area contributed by atoms with Gasteiger partial charge in [0.05, 0.1) is 16.0 Å². The van der Waals surface area contributed by atoms with Crippen molar-refractivity contribution >= 4 is 47.2 Å². The standard InChI is InChI=1S/C19H18N4O3S2/c24-18-16(28-19(27)22(18)14-6-2-1-3-7-14)10-13-11-20-21-17(13)12-5-4-8-15(9-12)23(25)26/h4-5,8-11,14,24H,1-3,6-7H2. The fourth-order valence-corrected chi connectivity index (χ4v) is 5.06. The predicted octanol–water partition coefficient (Wildman–Crippen LogP) is 5.27. The number of rotatable bonds is 4. The first-order chi connectivity index (χ1) is 13.5. The maximum absolute atomic E-state index is 11.0. The lowest BCUT2D eigenvalue weighted by Gasteiger charge is -2.23. The maximum Gasteiger partial charge on any atom is 0.270 e. The van der Waals surface area contributed by atoms with Crippen LogP contribution >= 0.6 is 23.6 Å². The second-order valence-corrected chi connectivity index (χ2v) is 8.49. The first-order valence-corrected chi connectivity index (χ1v) is 10.3. The second kappa shape index (κ2) is 7.76. The molecule has 0 radical (unpaired) electrons. The molecule has 2 heterocycles. The summed E-state index contributed by atoms with van der Waals surface area (Å²) in [5.74, 6) is 0.174. The summed E-state index contributed by atoms with van der Waals surface area (Å²) in [5.41, 5.74) is 1.82. The highest BCUT2D eigenvalue weighted by Gasteiger charge is 2.23. The van der Waals surface area contributed by atoms with Crippen LogP contribution in [0.5, 0.6) is 5.88 Å². The molecule has 0 unspecified atom stereocenters. The lowest BCUT2D eigenvalue weighted by molar-refractivity contribution is -0.384. The third-order valence-electron chi connectivity index (χ3n) is 5.03. The molecule has 1 aliphatic heterocycles. The van der Waals surface area contributed by atoms with Gasteiger partial charge in [-0.05, 0) is 31.1 Å². The van der Waals surface area contributed by atoms with Crippen molar-refractivity contribution < 1.29 is 10.0 Å². The number of aromatic nitrogens is 1. The summed E-state index contributed by atoms with van der Waals surface area (Å²) in [4.78, 5) is 11.3. The second-order valence-electron chi connectivity index (χ2n) is 6.82. The minimum absolute atomic E-state index is 0.00611. The van der Waals surface area contributed by atoms with Gasteiger partial charge in [-0.1, -0.05) is 31.4 Å². The summed E-state index contributed by atoms with van der Waals surface area (Å²) in [6.45, 7) is 0. The van der Waals surface area contributed by atoms with Crippen molar-refractivity contribution in [3.05, 3.63) is 54.3 Å². The summed E-state index contributed by atoms with van der Waals surface area (Å²) in [5, 5.41) is 29.9. The van der Waals surface area contributed by atoms with Crippen molar-refractivity contribution in [2.45, 2.75) is 38.1 Å². The van der Waals surface area contributed by atoms with Crippen LogP contribution in [-0.2, 0) is 0 Å². The monoisotopic (exact) mass is 414 g/mol. The topological polar surface area (TPSA) is 93.0 Å². The molecule has 0 amide bonds. The molecule has 0 atom stereocenters. The number of nitro groups is 1. The van der Waals surface area contributed by atoms with Crippen LogP contribution in [0, 0.1) is 14.1 Å². The summed E-state index contributed by atoms with van der Waals surface area (Å²) < 4.78 is 2.52. The summed E-state index contributed by atoms with van der Waals surface area (Å²) in [6.07, 6.45) is 8.95. The number of hydrogen-bond acceptors (Lipinski definition) is 7. The van der Waals surface area contributed by atoms with E-state index in [-0.39, 0.29) is 17.6 Å². The molecule has 2 aliphatic rings. The molecule has 1 saturated carbocycles. The number of thiazole rings is 1. The van der Waals surface area contributed by atoms with E-state index in [0.29, 0.717) is 25.7 Å². The molecule has 2 aromatic rings. The van der Waals surface area contributed by atoms with Crippen LogP contribution < -0.4 is 0 Å². The van der Waals surface area contributed by atoms with Gasteiger partial charge in [-0.25, -0.2) is 0 Å². The molecule has 144 valence electrons. The Labute approximate surface area is 170 Å². The van der Waals surface area contributed by atoms with E-state index in [4.69, 9.17) is 12.2 Å². The summed E-state index contributed by atoms with van der Waals surface area (Å²) in [6, 6.07) is 6.52. The third kappa shape index (κ3) is 3.55. The normalized spacial score (nSPS) is 18.6. The van der Waals surface area contributed by atoms with E-state index in [1.54, 1.807) is 24.4 Å². The minimum Gasteiger partial charge on any atom is -0.493 e.